The summed E-state index contributed by atoms with van der Waals surface area (Å²) in [7, 11) is 0. The third kappa shape index (κ3) is 5.76. The van der Waals surface area contributed by atoms with Gasteiger partial charge in [-0.05, 0) is 34.6 Å². The first kappa shape index (κ1) is 25.3. The van der Waals surface area contributed by atoms with Gasteiger partial charge in [0.25, 0.3) is 0 Å². The van der Waals surface area contributed by atoms with E-state index in [1.54, 1.807) is 6.92 Å². The minimum Gasteiger partial charge on any atom is -0.480 e. The van der Waals surface area contributed by atoms with Gasteiger partial charge in [0.15, 0.2) is 0 Å². The van der Waals surface area contributed by atoms with Crippen LogP contribution in [0, 0.1) is 11.8 Å². The fourth-order valence-corrected chi connectivity index (χ4v) is 4.48. The second kappa shape index (κ2) is 11.7. The molecule has 2 aromatic rings. The van der Waals surface area contributed by atoms with Gasteiger partial charge in [-0.1, -0.05) is 82.1 Å². The third-order valence-corrected chi connectivity index (χ3v) is 6.62. The minimum atomic E-state index is -1.05. The van der Waals surface area contributed by atoms with Crippen molar-refractivity contribution in [3.8, 4) is 11.1 Å². The summed E-state index contributed by atoms with van der Waals surface area (Å²) >= 11 is 0. The molecule has 0 fully saturated rings. The maximum Gasteiger partial charge on any atom is 0.407 e. The van der Waals surface area contributed by atoms with E-state index in [2.05, 4.69) is 34.9 Å². The molecule has 0 aliphatic heterocycles. The molecule has 0 saturated carbocycles. The van der Waals surface area contributed by atoms with E-state index in [1.807, 2.05) is 38.1 Å². The van der Waals surface area contributed by atoms with E-state index in [9.17, 15) is 19.5 Å². The highest BCUT2D eigenvalue weighted by Gasteiger charge is 2.30. The molecule has 2 aromatic carbocycles. The van der Waals surface area contributed by atoms with Crippen LogP contribution in [0.15, 0.2) is 48.5 Å². The summed E-state index contributed by atoms with van der Waals surface area (Å²) < 4.78 is 5.55. The Morgan fingerprint density at radius 1 is 1.00 bits per heavy atom. The van der Waals surface area contributed by atoms with Crippen LogP contribution in [0.2, 0.25) is 0 Å². The van der Waals surface area contributed by atoms with Crippen LogP contribution in [0.25, 0.3) is 11.1 Å². The molecule has 1 aliphatic carbocycles. The molecule has 3 N–H and O–H groups in total. The molecule has 7 heteroatoms. The average molecular weight is 467 g/mol. The first-order chi connectivity index (χ1) is 16.4. The predicted molar refractivity (Wildman–Crippen MR) is 130 cm³/mol. The van der Waals surface area contributed by atoms with E-state index in [-0.39, 0.29) is 30.9 Å². The number of amides is 2. The van der Waals surface area contributed by atoms with Crippen molar-refractivity contribution in [1.29, 1.82) is 0 Å². The second-order valence-corrected chi connectivity index (χ2v) is 8.90. The van der Waals surface area contributed by atoms with Crippen LogP contribution in [0.4, 0.5) is 4.79 Å². The number of hydrogen-bond acceptors (Lipinski definition) is 4. The number of nitrogens with one attached hydrogen (secondary N) is 2. The van der Waals surface area contributed by atoms with Crippen molar-refractivity contribution < 1.29 is 24.2 Å². The summed E-state index contributed by atoms with van der Waals surface area (Å²) in [5.74, 6) is -2.19. The molecule has 0 heterocycles. The number of fused-ring (bicyclic) bond motifs is 3. The zero-order valence-corrected chi connectivity index (χ0v) is 20.0. The Labute approximate surface area is 200 Å². The van der Waals surface area contributed by atoms with Crippen molar-refractivity contribution in [2.45, 2.75) is 52.0 Å². The van der Waals surface area contributed by atoms with Gasteiger partial charge in [0.2, 0.25) is 5.91 Å². The molecule has 1 aliphatic rings. The van der Waals surface area contributed by atoms with E-state index in [1.165, 1.54) is 0 Å². The van der Waals surface area contributed by atoms with Crippen molar-refractivity contribution in [2.75, 3.05) is 13.2 Å². The lowest BCUT2D eigenvalue weighted by atomic mass is 9.97. The highest BCUT2D eigenvalue weighted by Crippen LogP contribution is 2.44. The number of ether oxygens (including phenoxy) is 1. The number of carboxylic acids is 1. The van der Waals surface area contributed by atoms with Crippen LogP contribution < -0.4 is 10.6 Å². The maximum absolute atomic E-state index is 12.8. The van der Waals surface area contributed by atoms with E-state index < -0.39 is 24.0 Å². The van der Waals surface area contributed by atoms with Crippen LogP contribution in [0.1, 0.15) is 57.1 Å². The molecule has 0 saturated heterocycles. The molecule has 0 radical (unpaired) electrons. The summed E-state index contributed by atoms with van der Waals surface area (Å²) in [6.07, 6.45) is 1.30. The van der Waals surface area contributed by atoms with Gasteiger partial charge in [-0.3, -0.25) is 4.79 Å². The van der Waals surface area contributed by atoms with Gasteiger partial charge in [-0.2, -0.15) is 0 Å². The Morgan fingerprint density at radius 2 is 1.59 bits per heavy atom. The Morgan fingerprint density at radius 3 is 2.12 bits per heavy atom. The minimum absolute atomic E-state index is 0.0419. The number of carboxylic acid groups (broad SMARTS) is 1. The lowest BCUT2D eigenvalue weighted by Crippen LogP contribution is -2.49. The number of benzene rings is 2. The van der Waals surface area contributed by atoms with Crippen LogP contribution >= 0.6 is 0 Å². The van der Waals surface area contributed by atoms with Crippen LogP contribution in [0.3, 0.4) is 0 Å². The Balaban J connectivity index is 1.58. The maximum atomic E-state index is 12.8. The molecule has 182 valence electrons. The number of alkyl carbamates (subject to hydrolysis) is 1. The smallest absolute Gasteiger partial charge is 0.407 e. The Bertz CT molecular complexity index is 976. The van der Waals surface area contributed by atoms with Crippen molar-refractivity contribution in [1.82, 2.24) is 10.6 Å². The predicted octanol–water partition coefficient (Wildman–Crippen LogP) is 4.56. The zero-order valence-electron chi connectivity index (χ0n) is 20.0. The van der Waals surface area contributed by atoms with Crippen LogP contribution in [-0.4, -0.2) is 42.3 Å². The summed E-state index contributed by atoms with van der Waals surface area (Å²) in [5.41, 5.74) is 4.57. The molecule has 3 rings (SSSR count). The molecular formula is C27H34N2O5. The number of rotatable bonds is 11. The first-order valence-corrected chi connectivity index (χ1v) is 12.0. The zero-order chi connectivity index (χ0) is 24.7. The summed E-state index contributed by atoms with van der Waals surface area (Å²) in [5, 5.41) is 14.8. The molecule has 0 bridgehead atoms. The standard InChI is InChI=1S/C27H34N2O5/c1-4-10-18(25(30)29-24(26(31)32)17(3)5-2)15-28-27(33)34-16-23-21-13-8-6-11-19(21)20-12-7-9-14-22(20)23/h6-9,11-14,17-18,23-24H,4-5,10,15-16H2,1-3H3,(H,28,33)(H,29,30)(H,31,32). The van der Waals surface area contributed by atoms with Gasteiger partial charge in [0, 0.05) is 12.5 Å². The van der Waals surface area contributed by atoms with E-state index in [0.29, 0.717) is 12.8 Å². The SMILES string of the molecule is CCCC(CNC(=O)OCC1c2ccccc2-c2ccccc21)C(=O)NC(C(=O)O)C(C)CC. The van der Waals surface area contributed by atoms with E-state index in [0.717, 1.165) is 28.7 Å². The fourth-order valence-electron chi connectivity index (χ4n) is 4.48. The lowest BCUT2D eigenvalue weighted by molar-refractivity contribution is -0.144. The molecule has 0 aromatic heterocycles. The second-order valence-electron chi connectivity index (χ2n) is 8.90. The van der Waals surface area contributed by atoms with Gasteiger partial charge in [-0.15, -0.1) is 0 Å². The quantitative estimate of drug-likeness (QED) is 0.450. The largest absolute Gasteiger partial charge is 0.480 e. The molecule has 34 heavy (non-hydrogen) atoms. The summed E-state index contributed by atoms with van der Waals surface area (Å²) in [4.78, 5) is 36.8. The molecule has 2 amide bonds. The number of hydrogen-bond donors (Lipinski definition) is 3. The number of carbonyl (C=O) groups is 3. The van der Waals surface area contributed by atoms with Gasteiger partial charge < -0.3 is 20.5 Å². The van der Waals surface area contributed by atoms with Crippen molar-refractivity contribution in [3.63, 3.8) is 0 Å². The molecule has 7 nitrogen and oxygen atoms in total. The number of carbonyl (C=O) groups excluding carboxylic acids is 2. The first-order valence-electron chi connectivity index (χ1n) is 12.0. The molecular weight excluding hydrogens is 432 g/mol. The monoisotopic (exact) mass is 466 g/mol. The van der Waals surface area contributed by atoms with Gasteiger partial charge >= 0.3 is 12.1 Å². The highest BCUT2D eigenvalue weighted by atomic mass is 16.5. The highest BCUT2D eigenvalue weighted by molar-refractivity contribution is 5.85. The van der Waals surface area contributed by atoms with Crippen LogP contribution in [-0.2, 0) is 14.3 Å². The number of aliphatic carboxylic acids is 1. The van der Waals surface area contributed by atoms with Crippen molar-refractivity contribution in [2.24, 2.45) is 11.8 Å². The van der Waals surface area contributed by atoms with Gasteiger partial charge in [-0.25, -0.2) is 9.59 Å². The Hall–Kier alpha value is -3.35. The topological polar surface area (TPSA) is 105 Å². The van der Waals surface area contributed by atoms with Gasteiger partial charge in [0.1, 0.15) is 12.6 Å². The van der Waals surface area contributed by atoms with Gasteiger partial charge in [0.05, 0.1) is 5.92 Å². The van der Waals surface area contributed by atoms with Crippen LogP contribution in [0.5, 0.6) is 0 Å². The summed E-state index contributed by atoms with van der Waals surface area (Å²) in [6.45, 7) is 5.90. The lowest BCUT2D eigenvalue weighted by Gasteiger charge is -2.24. The van der Waals surface area contributed by atoms with Crippen molar-refractivity contribution in [3.05, 3.63) is 59.7 Å². The van der Waals surface area contributed by atoms with E-state index >= 15 is 0 Å². The third-order valence-electron chi connectivity index (χ3n) is 6.62. The summed E-state index contributed by atoms with van der Waals surface area (Å²) in [6, 6.07) is 15.3. The average Bonchev–Trinajstić information content (AvgIpc) is 3.16. The van der Waals surface area contributed by atoms with E-state index in [4.69, 9.17) is 4.74 Å². The fraction of sp³-hybridized carbons (Fsp3) is 0.444. The Kier molecular flexibility index (Phi) is 8.68. The van der Waals surface area contributed by atoms with Crippen molar-refractivity contribution >= 4 is 18.0 Å². The normalized spacial score (nSPS) is 14.9. The molecule has 3 atom stereocenters. The molecule has 0 spiro atoms. The molecule has 3 unspecified atom stereocenters.